The molecule has 0 bridgehead atoms. The number of pyridine rings is 1. The fourth-order valence-corrected chi connectivity index (χ4v) is 2.26. The van der Waals surface area contributed by atoms with E-state index in [4.69, 9.17) is 0 Å². The molecule has 5 heteroatoms. The molecule has 5 nitrogen and oxygen atoms in total. The van der Waals surface area contributed by atoms with Gasteiger partial charge in [0.25, 0.3) is 0 Å². The highest BCUT2D eigenvalue weighted by molar-refractivity contribution is 5.78. The number of aromatic nitrogens is 4. The Bertz CT molecular complexity index is 678. The van der Waals surface area contributed by atoms with Crippen LogP contribution in [-0.2, 0) is 0 Å². The average Bonchev–Trinajstić information content (AvgIpc) is 3.02. The van der Waals surface area contributed by atoms with E-state index in [1.54, 1.807) is 0 Å². The number of nitrogens with one attached hydrogen (secondary N) is 2. The molecule has 0 saturated heterocycles. The van der Waals surface area contributed by atoms with Crippen molar-refractivity contribution in [3.63, 3.8) is 0 Å². The van der Waals surface area contributed by atoms with E-state index < -0.39 is 0 Å². The molecule has 0 fully saturated rings. The maximum absolute atomic E-state index is 4.52. The zero-order valence-corrected chi connectivity index (χ0v) is 11.4. The van der Waals surface area contributed by atoms with Gasteiger partial charge >= 0.3 is 0 Å². The van der Waals surface area contributed by atoms with Crippen molar-refractivity contribution < 1.29 is 0 Å². The summed E-state index contributed by atoms with van der Waals surface area (Å²) in [6.45, 7) is 3.06. The fourth-order valence-electron chi connectivity index (χ4n) is 2.26. The third-order valence-electron chi connectivity index (χ3n) is 3.25. The summed E-state index contributed by atoms with van der Waals surface area (Å²) in [5.41, 5.74) is 2.09. The highest BCUT2D eigenvalue weighted by atomic mass is 15.2. The van der Waals surface area contributed by atoms with Gasteiger partial charge in [0, 0.05) is 11.6 Å². The molecule has 2 aromatic heterocycles. The average molecular weight is 267 g/mol. The van der Waals surface area contributed by atoms with Gasteiger partial charge in [-0.1, -0.05) is 25.1 Å². The first-order valence-electron chi connectivity index (χ1n) is 6.82. The minimum atomic E-state index is -0.00504. The van der Waals surface area contributed by atoms with Crippen LogP contribution in [0.15, 0.2) is 42.9 Å². The third-order valence-corrected chi connectivity index (χ3v) is 3.25. The molecule has 3 aromatic rings. The van der Waals surface area contributed by atoms with E-state index in [0.29, 0.717) is 0 Å². The summed E-state index contributed by atoms with van der Waals surface area (Å²) in [4.78, 5) is 8.79. The molecule has 0 radical (unpaired) electrons. The van der Waals surface area contributed by atoms with Crippen LogP contribution in [0.4, 0.5) is 0 Å². The van der Waals surface area contributed by atoms with E-state index >= 15 is 0 Å². The number of benzene rings is 1. The predicted octanol–water partition coefficient (Wildman–Crippen LogP) is 2.44. The molecule has 1 aromatic carbocycles. The maximum Gasteiger partial charge on any atom is 0.146 e. The first-order chi connectivity index (χ1) is 9.88. The Morgan fingerprint density at radius 2 is 2.15 bits per heavy atom. The van der Waals surface area contributed by atoms with Crippen molar-refractivity contribution in [3.8, 4) is 0 Å². The summed E-state index contributed by atoms with van der Waals surface area (Å²) in [6, 6.07) is 10.3. The summed E-state index contributed by atoms with van der Waals surface area (Å²) in [5.74, 6) is 0.815. The van der Waals surface area contributed by atoms with E-state index in [1.165, 1.54) is 6.33 Å². The van der Waals surface area contributed by atoms with Gasteiger partial charge in [0.1, 0.15) is 12.2 Å². The number of fused-ring (bicyclic) bond motifs is 1. The number of hydrogen-bond acceptors (Lipinski definition) is 4. The van der Waals surface area contributed by atoms with Crippen LogP contribution in [0.5, 0.6) is 0 Å². The Labute approximate surface area is 117 Å². The highest BCUT2D eigenvalue weighted by Crippen LogP contribution is 2.21. The molecule has 1 unspecified atom stereocenters. The van der Waals surface area contributed by atoms with Crippen molar-refractivity contribution in [1.29, 1.82) is 0 Å². The van der Waals surface area contributed by atoms with Crippen LogP contribution in [0, 0.1) is 0 Å². The van der Waals surface area contributed by atoms with Crippen molar-refractivity contribution in [2.24, 2.45) is 0 Å². The van der Waals surface area contributed by atoms with Crippen LogP contribution in [-0.4, -0.2) is 26.7 Å². The quantitative estimate of drug-likeness (QED) is 0.745. The zero-order valence-electron chi connectivity index (χ0n) is 11.4. The lowest BCUT2D eigenvalue weighted by Gasteiger charge is -2.16. The van der Waals surface area contributed by atoms with E-state index in [9.17, 15) is 0 Å². The first kappa shape index (κ1) is 12.7. The fraction of sp³-hybridized carbons (Fsp3) is 0.267. The standard InChI is InChI=1S/C15H17N5/c1-2-7-16-14(15-18-10-19-20-15)12-8-11-5-3-4-6-13(11)17-9-12/h3-6,8-10,14,16H,2,7H2,1H3,(H,18,19,20). The molecule has 2 heterocycles. The lowest BCUT2D eigenvalue weighted by Crippen LogP contribution is -2.24. The van der Waals surface area contributed by atoms with Crippen LogP contribution in [0.3, 0.4) is 0 Å². The second kappa shape index (κ2) is 5.79. The topological polar surface area (TPSA) is 66.5 Å². The predicted molar refractivity (Wildman–Crippen MR) is 78.3 cm³/mol. The first-order valence-corrected chi connectivity index (χ1v) is 6.82. The molecule has 0 amide bonds. The van der Waals surface area contributed by atoms with E-state index in [-0.39, 0.29) is 6.04 Å². The number of rotatable bonds is 5. The van der Waals surface area contributed by atoms with Crippen LogP contribution < -0.4 is 5.32 Å². The molecule has 3 rings (SSSR count). The smallest absolute Gasteiger partial charge is 0.146 e. The van der Waals surface area contributed by atoms with Crippen molar-refractivity contribution in [2.75, 3.05) is 6.54 Å². The van der Waals surface area contributed by atoms with Crippen LogP contribution in [0.2, 0.25) is 0 Å². The number of H-pyrrole nitrogens is 1. The number of hydrogen-bond donors (Lipinski definition) is 2. The minimum absolute atomic E-state index is 0.00504. The van der Waals surface area contributed by atoms with E-state index in [0.717, 1.165) is 35.3 Å². The molecule has 0 spiro atoms. The van der Waals surface area contributed by atoms with Crippen LogP contribution in [0.1, 0.15) is 30.8 Å². The van der Waals surface area contributed by atoms with Gasteiger partial charge in [0.05, 0.1) is 11.6 Å². The van der Waals surface area contributed by atoms with Crippen molar-refractivity contribution >= 4 is 10.9 Å². The Morgan fingerprint density at radius 1 is 1.25 bits per heavy atom. The SMILES string of the molecule is CCCNC(c1cnc2ccccc2c1)c1ncn[nH]1. The van der Waals surface area contributed by atoms with E-state index in [1.807, 2.05) is 24.4 Å². The molecule has 0 aliphatic heterocycles. The molecule has 0 aliphatic carbocycles. The van der Waals surface area contributed by atoms with Gasteiger partial charge < -0.3 is 5.32 Å². The number of nitrogens with zero attached hydrogens (tertiary/aromatic N) is 3. The molecular weight excluding hydrogens is 250 g/mol. The van der Waals surface area contributed by atoms with Gasteiger partial charge in [-0.25, -0.2) is 4.98 Å². The van der Waals surface area contributed by atoms with Gasteiger partial charge in [0.2, 0.25) is 0 Å². The summed E-state index contributed by atoms with van der Waals surface area (Å²) >= 11 is 0. The lowest BCUT2D eigenvalue weighted by atomic mass is 10.1. The Morgan fingerprint density at radius 3 is 2.95 bits per heavy atom. The summed E-state index contributed by atoms with van der Waals surface area (Å²) in [6.07, 6.45) is 4.49. The van der Waals surface area contributed by atoms with E-state index in [2.05, 4.69) is 44.5 Å². The van der Waals surface area contributed by atoms with Crippen molar-refractivity contribution in [1.82, 2.24) is 25.5 Å². The summed E-state index contributed by atoms with van der Waals surface area (Å²) in [7, 11) is 0. The van der Waals surface area contributed by atoms with Gasteiger partial charge in [0.15, 0.2) is 0 Å². The van der Waals surface area contributed by atoms with Gasteiger partial charge in [-0.15, -0.1) is 0 Å². The second-order valence-electron chi connectivity index (χ2n) is 4.72. The highest BCUT2D eigenvalue weighted by Gasteiger charge is 2.16. The molecule has 102 valence electrons. The molecule has 2 N–H and O–H groups in total. The molecule has 20 heavy (non-hydrogen) atoms. The Kier molecular flexibility index (Phi) is 3.69. The van der Waals surface area contributed by atoms with Crippen LogP contribution >= 0.6 is 0 Å². The normalized spacial score (nSPS) is 12.7. The number of aromatic amines is 1. The Balaban J connectivity index is 1.99. The monoisotopic (exact) mass is 267 g/mol. The second-order valence-corrected chi connectivity index (χ2v) is 4.72. The van der Waals surface area contributed by atoms with Crippen molar-refractivity contribution in [2.45, 2.75) is 19.4 Å². The van der Waals surface area contributed by atoms with Gasteiger partial charge in [-0.2, -0.15) is 5.10 Å². The van der Waals surface area contributed by atoms with Crippen molar-refractivity contribution in [3.05, 3.63) is 54.2 Å². The van der Waals surface area contributed by atoms with Gasteiger partial charge in [-0.3, -0.25) is 10.1 Å². The minimum Gasteiger partial charge on any atom is -0.304 e. The molecule has 1 atom stereocenters. The zero-order chi connectivity index (χ0) is 13.8. The molecule has 0 aliphatic rings. The third kappa shape index (κ3) is 2.53. The van der Waals surface area contributed by atoms with Crippen LogP contribution in [0.25, 0.3) is 10.9 Å². The maximum atomic E-state index is 4.52. The Hall–Kier alpha value is -2.27. The lowest BCUT2D eigenvalue weighted by molar-refractivity contribution is 0.573. The van der Waals surface area contributed by atoms with Gasteiger partial charge in [-0.05, 0) is 30.7 Å². The molecule has 0 saturated carbocycles. The summed E-state index contributed by atoms with van der Waals surface area (Å²) < 4.78 is 0. The summed E-state index contributed by atoms with van der Waals surface area (Å²) in [5, 5.41) is 11.5. The number of para-hydroxylation sites is 1. The largest absolute Gasteiger partial charge is 0.304 e. The molecular formula is C15H17N5.